The highest BCUT2D eigenvalue weighted by Crippen LogP contribution is 2.43. The van der Waals surface area contributed by atoms with Gasteiger partial charge in [-0.25, -0.2) is 0 Å². The van der Waals surface area contributed by atoms with Crippen molar-refractivity contribution in [2.45, 2.75) is 13.5 Å². The van der Waals surface area contributed by atoms with Gasteiger partial charge in [0.15, 0.2) is 7.14 Å². The van der Waals surface area contributed by atoms with Crippen LogP contribution in [-0.2, 0) is 11.2 Å². The molecule has 4 aromatic rings. The average Bonchev–Trinajstić information content (AvgIpc) is 2.79. The molecule has 0 saturated carbocycles. The summed E-state index contributed by atoms with van der Waals surface area (Å²) in [6.07, 6.45) is 0. The maximum Gasteiger partial charge on any atom is 0.171 e. The molecule has 0 aliphatic rings. The standard InChI is InChI=1S/C26H23O2P/c1-21-19-23(28-20-22-11-5-2-6-12-22)17-18-26(21)29(27,24-13-7-3-8-14-24)25-15-9-4-10-16-25/h2-19H,20H2,1H3. The zero-order valence-corrected chi connectivity index (χ0v) is 17.3. The fourth-order valence-corrected chi connectivity index (χ4v) is 6.40. The summed E-state index contributed by atoms with van der Waals surface area (Å²) in [5.41, 5.74) is 2.08. The molecule has 0 spiro atoms. The smallest absolute Gasteiger partial charge is 0.171 e. The highest BCUT2D eigenvalue weighted by molar-refractivity contribution is 7.85. The van der Waals surface area contributed by atoms with E-state index in [1.54, 1.807) is 0 Å². The van der Waals surface area contributed by atoms with Crippen LogP contribution in [0.3, 0.4) is 0 Å². The first-order valence-corrected chi connectivity index (χ1v) is 11.4. The third kappa shape index (κ3) is 4.04. The molecule has 2 nitrogen and oxygen atoms in total. The van der Waals surface area contributed by atoms with Crippen LogP contribution in [0.15, 0.2) is 109 Å². The van der Waals surface area contributed by atoms with Crippen LogP contribution in [0.2, 0.25) is 0 Å². The van der Waals surface area contributed by atoms with Crippen molar-refractivity contribution in [3.05, 3.63) is 120 Å². The van der Waals surface area contributed by atoms with Gasteiger partial charge in [-0.2, -0.15) is 0 Å². The van der Waals surface area contributed by atoms with Crippen LogP contribution < -0.4 is 20.7 Å². The van der Waals surface area contributed by atoms with E-state index < -0.39 is 7.14 Å². The van der Waals surface area contributed by atoms with Gasteiger partial charge < -0.3 is 9.30 Å². The Labute approximate surface area is 172 Å². The van der Waals surface area contributed by atoms with Crippen molar-refractivity contribution in [2.75, 3.05) is 0 Å². The van der Waals surface area contributed by atoms with Gasteiger partial charge in [-0.1, -0.05) is 91.0 Å². The van der Waals surface area contributed by atoms with E-state index in [0.717, 1.165) is 32.8 Å². The van der Waals surface area contributed by atoms with Gasteiger partial charge in [-0.15, -0.1) is 0 Å². The van der Waals surface area contributed by atoms with Crippen LogP contribution >= 0.6 is 7.14 Å². The van der Waals surface area contributed by atoms with Crippen molar-refractivity contribution in [1.82, 2.24) is 0 Å². The van der Waals surface area contributed by atoms with Gasteiger partial charge >= 0.3 is 0 Å². The third-order valence-electron chi connectivity index (χ3n) is 5.00. The minimum atomic E-state index is -2.97. The Morgan fingerprint density at radius 2 is 1.21 bits per heavy atom. The van der Waals surface area contributed by atoms with Crippen LogP contribution in [-0.4, -0.2) is 0 Å². The van der Waals surface area contributed by atoms with E-state index in [-0.39, 0.29) is 0 Å². The second kappa shape index (κ2) is 8.51. The van der Waals surface area contributed by atoms with E-state index in [1.165, 1.54) is 0 Å². The molecule has 0 aliphatic carbocycles. The second-order valence-corrected chi connectivity index (χ2v) is 9.74. The van der Waals surface area contributed by atoms with Gasteiger partial charge in [0, 0.05) is 15.9 Å². The summed E-state index contributed by atoms with van der Waals surface area (Å²) in [6, 6.07) is 35.4. The molecule has 0 N–H and O–H groups in total. The zero-order chi connectivity index (χ0) is 20.1. The predicted octanol–water partition coefficient (Wildman–Crippen LogP) is 5.21. The van der Waals surface area contributed by atoms with Gasteiger partial charge in [0.05, 0.1) is 0 Å². The lowest BCUT2D eigenvalue weighted by molar-refractivity contribution is 0.306. The van der Waals surface area contributed by atoms with Crippen LogP contribution in [0, 0.1) is 6.92 Å². The highest BCUT2D eigenvalue weighted by atomic mass is 31.2. The molecule has 0 fully saturated rings. The van der Waals surface area contributed by atoms with E-state index in [0.29, 0.717) is 6.61 Å². The van der Waals surface area contributed by atoms with Crippen LogP contribution in [0.4, 0.5) is 0 Å². The number of hydrogen-bond acceptors (Lipinski definition) is 2. The minimum absolute atomic E-state index is 0.509. The molecule has 0 amide bonds. The highest BCUT2D eigenvalue weighted by Gasteiger charge is 2.31. The van der Waals surface area contributed by atoms with Gasteiger partial charge in [0.2, 0.25) is 0 Å². The summed E-state index contributed by atoms with van der Waals surface area (Å²) in [4.78, 5) is 0. The van der Waals surface area contributed by atoms with E-state index in [1.807, 2.05) is 116 Å². The molecule has 0 heterocycles. The topological polar surface area (TPSA) is 26.3 Å². The number of ether oxygens (including phenoxy) is 1. The molecular formula is C26H23O2P. The molecule has 0 bridgehead atoms. The molecule has 4 rings (SSSR count). The average molecular weight is 398 g/mol. The van der Waals surface area contributed by atoms with Crippen LogP contribution in [0.1, 0.15) is 11.1 Å². The lowest BCUT2D eigenvalue weighted by atomic mass is 10.2. The van der Waals surface area contributed by atoms with E-state index in [4.69, 9.17) is 4.74 Å². The van der Waals surface area contributed by atoms with Gasteiger partial charge in [0.1, 0.15) is 12.4 Å². The van der Waals surface area contributed by atoms with Crippen LogP contribution in [0.5, 0.6) is 5.75 Å². The Hall–Kier alpha value is -3.09. The fraction of sp³-hybridized carbons (Fsp3) is 0.0769. The number of rotatable bonds is 6. The van der Waals surface area contributed by atoms with Crippen LogP contribution in [0.25, 0.3) is 0 Å². The lowest BCUT2D eigenvalue weighted by Crippen LogP contribution is -2.26. The largest absolute Gasteiger partial charge is 0.489 e. The molecule has 3 heteroatoms. The van der Waals surface area contributed by atoms with Gasteiger partial charge in [-0.3, -0.25) is 0 Å². The molecule has 4 aromatic carbocycles. The Balaban J connectivity index is 1.71. The number of hydrogen-bond donors (Lipinski definition) is 0. The van der Waals surface area contributed by atoms with E-state index >= 15 is 0 Å². The summed E-state index contributed by atoms with van der Waals surface area (Å²) < 4.78 is 20.5. The summed E-state index contributed by atoms with van der Waals surface area (Å²) in [6.45, 7) is 2.51. The fourth-order valence-electron chi connectivity index (χ4n) is 3.52. The maximum atomic E-state index is 14.5. The maximum absolute atomic E-state index is 14.5. The summed E-state index contributed by atoms with van der Waals surface area (Å²) in [7, 11) is -2.97. The summed E-state index contributed by atoms with van der Waals surface area (Å²) >= 11 is 0. The zero-order valence-electron chi connectivity index (χ0n) is 16.4. The third-order valence-corrected chi connectivity index (χ3v) is 8.23. The van der Waals surface area contributed by atoms with Crippen molar-refractivity contribution in [3.8, 4) is 5.75 Å². The van der Waals surface area contributed by atoms with Gasteiger partial charge in [-0.05, 0) is 36.2 Å². The Bertz CT molecular complexity index is 1080. The first-order valence-electron chi connectivity index (χ1n) is 9.67. The molecule has 0 saturated heterocycles. The monoisotopic (exact) mass is 398 g/mol. The van der Waals surface area contributed by atoms with Crippen molar-refractivity contribution in [1.29, 1.82) is 0 Å². The first-order chi connectivity index (χ1) is 14.2. The van der Waals surface area contributed by atoms with Crippen molar-refractivity contribution in [2.24, 2.45) is 0 Å². The Morgan fingerprint density at radius 1 is 0.690 bits per heavy atom. The lowest BCUT2D eigenvalue weighted by Gasteiger charge is -2.22. The molecular weight excluding hydrogens is 375 g/mol. The molecule has 0 radical (unpaired) electrons. The normalized spacial score (nSPS) is 11.2. The molecule has 0 aliphatic heterocycles. The number of benzene rings is 4. The molecule has 0 atom stereocenters. The number of aryl methyl sites for hydroxylation is 1. The van der Waals surface area contributed by atoms with Crippen molar-refractivity contribution < 1.29 is 9.30 Å². The first kappa shape index (κ1) is 19.2. The Morgan fingerprint density at radius 3 is 1.72 bits per heavy atom. The van der Waals surface area contributed by atoms with E-state index in [9.17, 15) is 4.57 Å². The molecule has 144 valence electrons. The van der Waals surface area contributed by atoms with E-state index in [2.05, 4.69) is 0 Å². The molecule has 0 unspecified atom stereocenters. The quantitative estimate of drug-likeness (QED) is 0.417. The van der Waals surface area contributed by atoms with Crippen molar-refractivity contribution >= 4 is 23.1 Å². The molecule has 0 aromatic heterocycles. The summed E-state index contributed by atoms with van der Waals surface area (Å²) in [5, 5.41) is 2.53. The van der Waals surface area contributed by atoms with Crippen molar-refractivity contribution in [3.63, 3.8) is 0 Å². The minimum Gasteiger partial charge on any atom is -0.489 e. The molecule has 29 heavy (non-hydrogen) atoms. The van der Waals surface area contributed by atoms with Gasteiger partial charge in [0.25, 0.3) is 0 Å². The second-order valence-electron chi connectivity index (χ2n) is 7.00. The summed E-state index contributed by atoms with van der Waals surface area (Å²) in [5.74, 6) is 0.780. The SMILES string of the molecule is Cc1cc(OCc2ccccc2)ccc1P(=O)(c1ccccc1)c1ccccc1. The predicted molar refractivity (Wildman–Crippen MR) is 121 cm³/mol. The Kier molecular flexibility index (Phi) is 5.64.